The van der Waals surface area contributed by atoms with Crippen molar-refractivity contribution < 1.29 is 5.11 Å². The molecule has 0 bridgehead atoms. The van der Waals surface area contributed by atoms with E-state index in [9.17, 15) is 0 Å². The standard InChI is InChI=1S/C14H22BrN3O/c1-14(2,6-3-7-19)9-16-12-8-11(15)17-13(18-12)10-4-5-10/h8,10,19H,3-7,9H2,1-2H3,(H,16,17,18). The zero-order valence-electron chi connectivity index (χ0n) is 11.6. The lowest BCUT2D eigenvalue weighted by Gasteiger charge is -2.25. The van der Waals surface area contributed by atoms with E-state index in [0.717, 1.165) is 35.6 Å². The topological polar surface area (TPSA) is 58.0 Å². The predicted octanol–water partition coefficient (Wildman–Crippen LogP) is 3.33. The molecule has 0 atom stereocenters. The summed E-state index contributed by atoms with van der Waals surface area (Å²) in [4.78, 5) is 9.00. The lowest BCUT2D eigenvalue weighted by atomic mass is 9.88. The lowest BCUT2D eigenvalue weighted by molar-refractivity contribution is 0.248. The summed E-state index contributed by atoms with van der Waals surface area (Å²) in [6.45, 7) is 5.51. The summed E-state index contributed by atoms with van der Waals surface area (Å²) in [5.41, 5.74) is 0.153. The highest BCUT2D eigenvalue weighted by Gasteiger charge is 2.27. The first kappa shape index (κ1) is 14.7. The highest BCUT2D eigenvalue weighted by atomic mass is 79.9. The molecule has 2 rings (SSSR count). The molecule has 0 aromatic carbocycles. The minimum Gasteiger partial charge on any atom is -0.396 e. The van der Waals surface area contributed by atoms with Crippen LogP contribution in [0.5, 0.6) is 0 Å². The van der Waals surface area contributed by atoms with E-state index >= 15 is 0 Å². The van der Waals surface area contributed by atoms with Crippen molar-refractivity contribution in [1.29, 1.82) is 0 Å². The number of aliphatic hydroxyl groups excluding tert-OH is 1. The van der Waals surface area contributed by atoms with Gasteiger partial charge in [0.2, 0.25) is 0 Å². The number of aliphatic hydroxyl groups is 1. The van der Waals surface area contributed by atoms with Crippen molar-refractivity contribution in [1.82, 2.24) is 9.97 Å². The fourth-order valence-electron chi connectivity index (χ4n) is 2.03. The van der Waals surface area contributed by atoms with Crippen LogP contribution in [0.15, 0.2) is 10.7 Å². The molecule has 0 saturated heterocycles. The fraction of sp³-hybridized carbons (Fsp3) is 0.714. The van der Waals surface area contributed by atoms with Crippen LogP contribution < -0.4 is 5.32 Å². The van der Waals surface area contributed by atoms with Crippen LogP contribution in [-0.4, -0.2) is 28.2 Å². The molecule has 1 aliphatic carbocycles. The van der Waals surface area contributed by atoms with Crippen molar-refractivity contribution in [3.05, 3.63) is 16.5 Å². The molecule has 1 heterocycles. The van der Waals surface area contributed by atoms with Crippen molar-refractivity contribution in [2.75, 3.05) is 18.5 Å². The molecule has 2 N–H and O–H groups in total. The monoisotopic (exact) mass is 327 g/mol. The molecule has 0 spiro atoms. The van der Waals surface area contributed by atoms with Crippen molar-refractivity contribution in [3.8, 4) is 0 Å². The van der Waals surface area contributed by atoms with Crippen molar-refractivity contribution in [2.45, 2.75) is 45.4 Å². The molecule has 5 heteroatoms. The minimum atomic E-state index is 0.153. The van der Waals surface area contributed by atoms with E-state index in [2.05, 4.69) is 45.1 Å². The van der Waals surface area contributed by atoms with Gasteiger partial charge in [0, 0.05) is 25.1 Å². The Hall–Kier alpha value is -0.680. The van der Waals surface area contributed by atoms with Gasteiger partial charge in [0.05, 0.1) is 0 Å². The highest BCUT2D eigenvalue weighted by Crippen LogP contribution is 2.38. The lowest BCUT2D eigenvalue weighted by Crippen LogP contribution is -2.24. The summed E-state index contributed by atoms with van der Waals surface area (Å²) in [6.07, 6.45) is 4.25. The third kappa shape index (κ3) is 4.73. The second-order valence-corrected chi connectivity index (χ2v) is 6.87. The maximum atomic E-state index is 8.91. The number of rotatable bonds is 7. The van der Waals surface area contributed by atoms with Crippen molar-refractivity contribution in [2.24, 2.45) is 5.41 Å². The summed E-state index contributed by atoms with van der Waals surface area (Å²) >= 11 is 3.45. The van der Waals surface area contributed by atoms with Crippen LogP contribution in [0.2, 0.25) is 0 Å². The molecular formula is C14H22BrN3O. The van der Waals surface area contributed by atoms with Crippen molar-refractivity contribution in [3.63, 3.8) is 0 Å². The van der Waals surface area contributed by atoms with Crippen LogP contribution in [0.3, 0.4) is 0 Å². The van der Waals surface area contributed by atoms with Crippen LogP contribution in [0.1, 0.15) is 51.3 Å². The number of anilines is 1. The Morgan fingerprint density at radius 1 is 1.42 bits per heavy atom. The summed E-state index contributed by atoms with van der Waals surface area (Å²) in [6, 6.07) is 1.92. The second-order valence-electron chi connectivity index (χ2n) is 6.05. The molecule has 0 aliphatic heterocycles. The first-order chi connectivity index (χ1) is 9.00. The molecule has 19 heavy (non-hydrogen) atoms. The van der Waals surface area contributed by atoms with Crippen LogP contribution in [0, 0.1) is 5.41 Å². The molecule has 1 fully saturated rings. The summed E-state index contributed by atoms with van der Waals surface area (Å²) < 4.78 is 0.847. The Bertz CT molecular complexity index is 433. The van der Waals surface area contributed by atoms with Gasteiger partial charge < -0.3 is 10.4 Å². The van der Waals surface area contributed by atoms with Gasteiger partial charge in [0.15, 0.2) is 0 Å². The van der Waals surface area contributed by atoms with Gasteiger partial charge in [-0.3, -0.25) is 0 Å². The van der Waals surface area contributed by atoms with E-state index in [1.807, 2.05) is 6.07 Å². The van der Waals surface area contributed by atoms with Crippen LogP contribution in [-0.2, 0) is 0 Å². The third-order valence-electron chi connectivity index (χ3n) is 3.41. The molecule has 1 saturated carbocycles. The van der Waals surface area contributed by atoms with Gasteiger partial charge in [-0.25, -0.2) is 9.97 Å². The summed E-state index contributed by atoms with van der Waals surface area (Å²) in [5.74, 6) is 2.39. The highest BCUT2D eigenvalue weighted by molar-refractivity contribution is 9.10. The molecule has 1 aromatic rings. The van der Waals surface area contributed by atoms with E-state index in [0.29, 0.717) is 5.92 Å². The van der Waals surface area contributed by atoms with Gasteiger partial charge in [-0.15, -0.1) is 0 Å². The van der Waals surface area contributed by atoms with E-state index in [-0.39, 0.29) is 12.0 Å². The minimum absolute atomic E-state index is 0.153. The third-order valence-corrected chi connectivity index (χ3v) is 3.82. The molecule has 1 aromatic heterocycles. The van der Waals surface area contributed by atoms with E-state index in [1.165, 1.54) is 12.8 Å². The summed E-state index contributed by atoms with van der Waals surface area (Å²) in [7, 11) is 0. The van der Waals surface area contributed by atoms with E-state index < -0.39 is 0 Å². The average Bonchev–Trinajstić information content (AvgIpc) is 3.18. The first-order valence-electron chi connectivity index (χ1n) is 6.89. The fourth-order valence-corrected chi connectivity index (χ4v) is 2.42. The second kappa shape index (κ2) is 6.18. The SMILES string of the molecule is CC(C)(CCCO)CNc1cc(Br)nc(C2CC2)n1. The Morgan fingerprint density at radius 3 is 2.79 bits per heavy atom. The van der Waals surface area contributed by atoms with E-state index in [1.54, 1.807) is 0 Å². The van der Waals surface area contributed by atoms with Crippen molar-refractivity contribution >= 4 is 21.7 Å². The molecule has 1 aliphatic rings. The van der Waals surface area contributed by atoms with Gasteiger partial charge in [-0.1, -0.05) is 13.8 Å². The number of nitrogens with zero attached hydrogens (tertiary/aromatic N) is 2. The zero-order chi connectivity index (χ0) is 13.9. The molecule has 4 nitrogen and oxygen atoms in total. The quantitative estimate of drug-likeness (QED) is 0.754. The Kier molecular flexibility index (Phi) is 4.79. The van der Waals surface area contributed by atoms with Crippen LogP contribution in [0.4, 0.5) is 5.82 Å². The van der Waals surface area contributed by atoms with E-state index in [4.69, 9.17) is 5.11 Å². The number of aromatic nitrogens is 2. The smallest absolute Gasteiger partial charge is 0.135 e. The normalized spacial score (nSPS) is 15.6. The average molecular weight is 328 g/mol. The predicted molar refractivity (Wildman–Crippen MR) is 80.3 cm³/mol. The number of nitrogens with one attached hydrogen (secondary N) is 1. The maximum absolute atomic E-state index is 8.91. The van der Waals surface area contributed by atoms with Gasteiger partial charge >= 0.3 is 0 Å². The molecule has 0 unspecified atom stereocenters. The van der Waals surface area contributed by atoms with Crippen LogP contribution in [0.25, 0.3) is 0 Å². The summed E-state index contributed by atoms with van der Waals surface area (Å²) in [5, 5.41) is 12.3. The number of halogens is 1. The molecule has 106 valence electrons. The molecule has 0 radical (unpaired) electrons. The zero-order valence-corrected chi connectivity index (χ0v) is 13.2. The van der Waals surface area contributed by atoms with Gasteiger partial charge in [0.25, 0.3) is 0 Å². The Balaban J connectivity index is 1.95. The van der Waals surface area contributed by atoms with Gasteiger partial charge in [0.1, 0.15) is 16.2 Å². The number of hydrogen-bond donors (Lipinski definition) is 2. The Morgan fingerprint density at radius 2 is 2.16 bits per heavy atom. The molecule has 0 amide bonds. The van der Waals surface area contributed by atoms with Crippen LogP contribution >= 0.6 is 15.9 Å². The maximum Gasteiger partial charge on any atom is 0.135 e. The first-order valence-corrected chi connectivity index (χ1v) is 7.69. The Labute approximate surface area is 123 Å². The number of hydrogen-bond acceptors (Lipinski definition) is 4. The largest absolute Gasteiger partial charge is 0.396 e. The van der Waals surface area contributed by atoms with Gasteiger partial charge in [-0.05, 0) is 47.0 Å². The van der Waals surface area contributed by atoms with Gasteiger partial charge in [-0.2, -0.15) is 0 Å². The molecular weight excluding hydrogens is 306 g/mol.